The molecule has 0 spiro atoms. The van der Waals surface area contributed by atoms with Crippen molar-refractivity contribution in [3.63, 3.8) is 0 Å². The Morgan fingerprint density at radius 2 is 1.94 bits per heavy atom. The molecule has 16 heavy (non-hydrogen) atoms. The zero-order valence-corrected chi connectivity index (χ0v) is 9.95. The van der Waals surface area contributed by atoms with Gasteiger partial charge >= 0.3 is 6.03 Å². The van der Waals surface area contributed by atoms with Crippen molar-refractivity contribution in [1.29, 1.82) is 0 Å². The van der Waals surface area contributed by atoms with Gasteiger partial charge in [-0.25, -0.2) is 4.79 Å². The van der Waals surface area contributed by atoms with Crippen LogP contribution in [0.25, 0.3) is 0 Å². The summed E-state index contributed by atoms with van der Waals surface area (Å²) in [5.74, 6) is -0.207. The van der Waals surface area contributed by atoms with Gasteiger partial charge in [0.05, 0.1) is 0 Å². The van der Waals surface area contributed by atoms with Crippen LogP contribution in [0, 0.1) is 0 Å². The fraction of sp³-hybridized carbons (Fsp3) is 0.800. The van der Waals surface area contributed by atoms with Crippen molar-refractivity contribution in [1.82, 2.24) is 10.6 Å². The molecule has 0 aromatic heterocycles. The molecule has 0 bridgehead atoms. The first-order valence-electron chi connectivity index (χ1n) is 5.56. The van der Waals surface area contributed by atoms with Crippen LogP contribution < -0.4 is 22.1 Å². The van der Waals surface area contributed by atoms with E-state index in [1.54, 1.807) is 0 Å². The van der Waals surface area contributed by atoms with Crippen molar-refractivity contribution in [3.8, 4) is 0 Å². The zero-order chi connectivity index (χ0) is 12.6. The SMILES string of the molecule is CCC[C@@H](NC(N)=O)C(=O)NCCC(C)N. The van der Waals surface area contributed by atoms with Crippen LogP contribution in [-0.4, -0.2) is 30.6 Å². The Morgan fingerprint density at radius 1 is 1.31 bits per heavy atom. The normalized spacial score (nSPS) is 13.9. The molecule has 0 aliphatic heterocycles. The largest absolute Gasteiger partial charge is 0.354 e. The van der Waals surface area contributed by atoms with Gasteiger partial charge in [-0.1, -0.05) is 13.3 Å². The van der Waals surface area contributed by atoms with Crippen molar-refractivity contribution in [2.45, 2.75) is 45.2 Å². The maximum Gasteiger partial charge on any atom is 0.312 e. The molecule has 0 aromatic rings. The lowest BCUT2D eigenvalue weighted by Crippen LogP contribution is -2.49. The van der Waals surface area contributed by atoms with Crippen LogP contribution in [0.3, 0.4) is 0 Å². The second kappa shape index (κ2) is 7.92. The number of carbonyl (C=O) groups excluding carboxylic acids is 2. The van der Waals surface area contributed by atoms with Gasteiger partial charge in [0, 0.05) is 12.6 Å². The second-order valence-corrected chi connectivity index (χ2v) is 3.91. The van der Waals surface area contributed by atoms with Crippen LogP contribution in [0.15, 0.2) is 0 Å². The summed E-state index contributed by atoms with van der Waals surface area (Å²) in [6.45, 7) is 4.32. The molecule has 0 fully saturated rings. The van der Waals surface area contributed by atoms with Crippen LogP contribution >= 0.6 is 0 Å². The summed E-state index contributed by atoms with van der Waals surface area (Å²) in [6, 6.07) is -1.18. The number of hydrogen-bond donors (Lipinski definition) is 4. The highest BCUT2D eigenvalue weighted by atomic mass is 16.2. The summed E-state index contributed by atoms with van der Waals surface area (Å²) < 4.78 is 0. The highest BCUT2D eigenvalue weighted by Crippen LogP contribution is 1.97. The number of primary amides is 1. The molecule has 0 aromatic carbocycles. The van der Waals surface area contributed by atoms with Crippen molar-refractivity contribution in [2.75, 3.05) is 6.54 Å². The molecule has 0 saturated heterocycles. The lowest BCUT2D eigenvalue weighted by Gasteiger charge is -2.16. The third kappa shape index (κ3) is 7.05. The van der Waals surface area contributed by atoms with Crippen LogP contribution in [0.1, 0.15) is 33.1 Å². The van der Waals surface area contributed by atoms with E-state index in [0.717, 1.165) is 6.42 Å². The lowest BCUT2D eigenvalue weighted by atomic mass is 10.1. The number of hydrogen-bond acceptors (Lipinski definition) is 3. The maximum atomic E-state index is 11.6. The summed E-state index contributed by atoms with van der Waals surface area (Å²) in [6.07, 6.45) is 2.08. The monoisotopic (exact) mass is 230 g/mol. The number of nitrogens with one attached hydrogen (secondary N) is 2. The highest BCUT2D eigenvalue weighted by Gasteiger charge is 2.17. The lowest BCUT2D eigenvalue weighted by molar-refractivity contribution is -0.123. The third-order valence-corrected chi connectivity index (χ3v) is 2.11. The number of nitrogens with two attached hydrogens (primary N) is 2. The van der Waals surface area contributed by atoms with Crippen molar-refractivity contribution in [3.05, 3.63) is 0 Å². The Bertz CT molecular complexity index is 231. The van der Waals surface area contributed by atoms with Gasteiger partial charge in [-0.05, 0) is 19.8 Å². The number of rotatable bonds is 7. The van der Waals surface area contributed by atoms with Gasteiger partial charge in [-0.15, -0.1) is 0 Å². The molecule has 6 N–H and O–H groups in total. The van der Waals surface area contributed by atoms with Gasteiger partial charge < -0.3 is 22.1 Å². The maximum absolute atomic E-state index is 11.6. The van der Waals surface area contributed by atoms with Gasteiger partial charge in [-0.3, -0.25) is 4.79 Å². The minimum absolute atomic E-state index is 0.0500. The fourth-order valence-corrected chi connectivity index (χ4v) is 1.28. The first-order valence-corrected chi connectivity index (χ1v) is 5.56. The minimum atomic E-state index is -0.680. The van der Waals surface area contributed by atoms with E-state index in [1.165, 1.54) is 0 Å². The Labute approximate surface area is 96.1 Å². The third-order valence-electron chi connectivity index (χ3n) is 2.11. The molecule has 2 atom stereocenters. The second-order valence-electron chi connectivity index (χ2n) is 3.91. The summed E-state index contributed by atoms with van der Waals surface area (Å²) in [7, 11) is 0. The van der Waals surface area contributed by atoms with E-state index >= 15 is 0 Å². The molecule has 0 radical (unpaired) electrons. The van der Waals surface area contributed by atoms with Crippen molar-refractivity contribution >= 4 is 11.9 Å². The van der Waals surface area contributed by atoms with Gasteiger partial charge in [0.2, 0.25) is 5.91 Å². The summed E-state index contributed by atoms with van der Waals surface area (Å²) in [5, 5.41) is 5.13. The van der Waals surface area contributed by atoms with Crippen LogP contribution in [0.2, 0.25) is 0 Å². The molecular weight excluding hydrogens is 208 g/mol. The molecule has 3 amide bonds. The molecular formula is C10H22N4O2. The topological polar surface area (TPSA) is 110 Å². The summed E-state index contributed by atoms with van der Waals surface area (Å²) in [4.78, 5) is 22.3. The summed E-state index contributed by atoms with van der Waals surface area (Å²) >= 11 is 0. The number of urea groups is 1. The van der Waals surface area contributed by atoms with Crippen LogP contribution in [-0.2, 0) is 4.79 Å². The number of amides is 3. The average molecular weight is 230 g/mol. The predicted octanol–water partition coefficient (Wildman–Crippen LogP) is -0.323. The Morgan fingerprint density at radius 3 is 2.38 bits per heavy atom. The van der Waals surface area contributed by atoms with E-state index in [1.807, 2.05) is 13.8 Å². The predicted molar refractivity (Wildman–Crippen MR) is 62.7 cm³/mol. The van der Waals surface area contributed by atoms with Crippen LogP contribution in [0.4, 0.5) is 4.79 Å². The Balaban J connectivity index is 4.01. The van der Waals surface area contributed by atoms with Gasteiger partial charge in [-0.2, -0.15) is 0 Å². The van der Waals surface area contributed by atoms with E-state index in [9.17, 15) is 9.59 Å². The smallest absolute Gasteiger partial charge is 0.312 e. The molecule has 6 nitrogen and oxygen atoms in total. The van der Waals surface area contributed by atoms with Gasteiger partial charge in [0.15, 0.2) is 0 Å². The standard InChI is InChI=1S/C10H22N4O2/c1-3-4-8(14-10(12)16)9(15)13-6-5-7(2)11/h7-8H,3-6,11H2,1-2H3,(H,13,15)(H3,12,14,16)/t7?,8-/m1/s1. The van der Waals surface area contributed by atoms with Gasteiger partial charge in [0.25, 0.3) is 0 Å². The Kier molecular flexibility index (Phi) is 7.28. The Hall–Kier alpha value is -1.30. The van der Waals surface area contributed by atoms with Crippen molar-refractivity contribution in [2.24, 2.45) is 11.5 Å². The first kappa shape index (κ1) is 14.7. The molecule has 6 heteroatoms. The molecule has 0 saturated carbocycles. The quantitative estimate of drug-likeness (QED) is 0.481. The zero-order valence-electron chi connectivity index (χ0n) is 9.95. The average Bonchev–Trinajstić information content (AvgIpc) is 2.15. The minimum Gasteiger partial charge on any atom is -0.354 e. The fourth-order valence-electron chi connectivity index (χ4n) is 1.28. The van der Waals surface area contributed by atoms with Crippen LogP contribution in [0.5, 0.6) is 0 Å². The van der Waals surface area contributed by atoms with E-state index in [-0.39, 0.29) is 11.9 Å². The molecule has 1 unspecified atom stereocenters. The van der Waals surface area contributed by atoms with Crippen molar-refractivity contribution < 1.29 is 9.59 Å². The molecule has 0 rings (SSSR count). The molecule has 0 aliphatic carbocycles. The van der Waals surface area contributed by atoms with E-state index in [4.69, 9.17) is 11.5 Å². The number of carbonyl (C=O) groups is 2. The van der Waals surface area contributed by atoms with E-state index < -0.39 is 12.1 Å². The van der Waals surface area contributed by atoms with Gasteiger partial charge in [0.1, 0.15) is 6.04 Å². The van der Waals surface area contributed by atoms with E-state index in [2.05, 4.69) is 10.6 Å². The van der Waals surface area contributed by atoms with E-state index in [0.29, 0.717) is 19.4 Å². The summed E-state index contributed by atoms with van der Waals surface area (Å²) in [5.41, 5.74) is 10.5. The molecule has 0 aliphatic rings. The molecule has 0 heterocycles. The molecule has 94 valence electrons. The first-order chi connectivity index (χ1) is 7.47. The highest BCUT2D eigenvalue weighted by molar-refractivity contribution is 5.86.